The average molecular weight is 390 g/mol. The first-order valence-electron chi connectivity index (χ1n) is 8.99. The van der Waals surface area contributed by atoms with Gasteiger partial charge in [-0.25, -0.2) is 9.59 Å². The summed E-state index contributed by atoms with van der Waals surface area (Å²) in [6, 6.07) is 16.6. The molecule has 6 nitrogen and oxygen atoms in total. The maximum Gasteiger partial charge on any atom is 0.335 e. The largest absolute Gasteiger partial charge is 0.478 e. The Balaban J connectivity index is 0.000000391. The summed E-state index contributed by atoms with van der Waals surface area (Å²) in [5.74, 6) is -1.76. The predicted molar refractivity (Wildman–Crippen MR) is 109 cm³/mol. The molecular formula is C22H30O6. The summed E-state index contributed by atoms with van der Waals surface area (Å²) >= 11 is 0. The molecule has 0 aliphatic rings. The fourth-order valence-corrected chi connectivity index (χ4v) is 2.10. The van der Waals surface area contributed by atoms with Crippen LogP contribution in [0.15, 0.2) is 60.7 Å². The molecule has 28 heavy (non-hydrogen) atoms. The van der Waals surface area contributed by atoms with Crippen molar-refractivity contribution in [2.75, 3.05) is 0 Å². The van der Waals surface area contributed by atoms with E-state index in [1.807, 2.05) is 13.8 Å². The molecule has 0 saturated heterocycles. The number of carboxylic acids is 2. The van der Waals surface area contributed by atoms with Gasteiger partial charge in [0.05, 0.1) is 23.3 Å². The smallest absolute Gasteiger partial charge is 0.335 e. The van der Waals surface area contributed by atoms with Crippen LogP contribution < -0.4 is 0 Å². The molecule has 0 aromatic heterocycles. The van der Waals surface area contributed by atoms with Gasteiger partial charge in [0.15, 0.2) is 0 Å². The molecule has 154 valence electrons. The Morgan fingerprint density at radius 1 is 0.786 bits per heavy atom. The van der Waals surface area contributed by atoms with Gasteiger partial charge in [0, 0.05) is 5.41 Å². The van der Waals surface area contributed by atoms with Gasteiger partial charge in [-0.3, -0.25) is 0 Å². The molecule has 0 aliphatic carbocycles. The van der Waals surface area contributed by atoms with E-state index in [0.29, 0.717) is 11.1 Å². The highest BCUT2D eigenvalue weighted by Gasteiger charge is 2.32. The molecule has 2 unspecified atom stereocenters. The number of aliphatic hydroxyl groups excluding tert-OH is 2. The van der Waals surface area contributed by atoms with E-state index in [9.17, 15) is 19.8 Å². The lowest BCUT2D eigenvalue weighted by atomic mass is 9.78. The molecule has 0 aliphatic heterocycles. The van der Waals surface area contributed by atoms with Gasteiger partial charge in [-0.2, -0.15) is 0 Å². The molecule has 0 spiro atoms. The first-order valence-corrected chi connectivity index (χ1v) is 8.99. The van der Waals surface area contributed by atoms with Crippen molar-refractivity contribution in [3.8, 4) is 0 Å². The van der Waals surface area contributed by atoms with Crippen molar-refractivity contribution in [2.45, 2.75) is 46.3 Å². The highest BCUT2D eigenvalue weighted by atomic mass is 16.4. The van der Waals surface area contributed by atoms with Crippen LogP contribution in [0.4, 0.5) is 0 Å². The van der Waals surface area contributed by atoms with E-state index < -0.39 is 24.1 Å². The van der Waals surface area contributed by atoms with Crippen molar-refractivity contribution < 1.29 is 30.0 Å². The lowest BCUT2D eigenvalue weighted by molar-refractivity contribution is -0.0440. The van der Waals surface area contributed by atoms with Crippen LogP contribution in [0.5, 0.6) is 0 Å². The number of hydrogen-bond donors (Lipinski definition) is 4. The number of benzene rings is 2. The summed E-state index contributed by atoms with van der Waals surface area (Å²) in [4.78, 5) is 20.4. The van der Waals surface area contributed by atoms with Crippen LogP contribution in [0, 0.1) is 5.41 Å². The van der Waals surface area contributed by atoms with Crippen LogP contribution in [0.3, 0.4) is 0 Å². The molecule has 0 bridgehead atoms. The van der Waals surface area contributed by atoms with E-state index in [0.717, 1.165) is 6.42 Å². The van der Waals surface area contributed by atoms with Gasteiger partial charge in [0.25, 0.3) is 0 Å². The van der Waals surface area contributed by atoms with E-state index in [1.54, 1.807) is 74.5 Å². The fourth-order valence-electron chi connectivity index (χ4n) is 2.10. The molecule has 2 aromatic rings. The first kappa shape index (κ1) is 25.3. The van der Waals surface area contributed by atoms with E-state index in [-0.39, 0.29) is 5.41 Å². The minimum absolute atomic E-state index is 0.331. The zero-order valence-electron chi connectivity index (χ0n) is 16.7. The normalized spacial score (nSPS) is 14.1. The SMILES string of the molecule is CCC(C)(C(C)O)C(C)O.O=C(O)c1ccccc1.O=C(O)c1ccccc1. The highest BCUT2D eigenvalue weighted by Crippen LogP contribution is 2.29. The molecule has 0 heterocycles. The first-order chi connectivity index (χ1) is 13.1. The van der Waals surface area contributed by atoms with E-state index in [4.69, 9.17) is 10.2 Å². The number of aliphatic hydroxyl groups is 2. The summed E-state index contributed by atoms with van der Waals surface area (Å²) in [6.07, 6.45) is -0.0995. The van der Waals surface area contributed by atoms with Crippen LogP contribution >= 0.6 is 0 Å². The topological polar surface area (TPSA) is 115 Å². The second-order valence-electron chi connectivity index (χ2n) is 6.55. The molecule has 2 aromatic carbocycles. The second kappa shape index (κ2) is 12.6. The summed E-state index contributed by atoms with van der Waals surface area (Å²) in [7, 11) is 0. The molecule has 0 amide bonds. The Hall–Kier alpha value is -2.70. The molecule has 2 rings (SSSR count). The van der Waals surface area contributed by atoms with Crippen molar-refractivity contribution >= 4 is 11.9 Å². The second-order valence-corrected chi connectivity index (χ2v) is 6.55. The van der Waals surface area contributed by atoms with Crippen LogP contribution in [0.2, 0.25) is 0 Å². The molecule has 2 atom stereocenters. The summed E-state index contributed by atoms with van der Waals surface area (Å²) in [5.41, 5.74) is 0.315. The average Bonchev–Trinajstić information content (AvgIpc) is 2.69. The Labute approximate surface area is 166 Å². The predicted octanol–water partition coefficient (Wildman–Crippen LogP) is 3.93. The van der Waals surface area contributed by atoms with Gasteiger partial charge in [0.1, 0.15) is 0 Å². The van der Waals surface area contributed by atoms with Crippen molar-refractivity contribution in [2.24, 2.45) is 5.41 Å². The maximum absolute atomic E-state index is 10.2. The Morgan fingerprint density at radius 2 is 1.07 bits per heavy atom. The van der Waals surface area contributed by atoms with Crippen molar-refractivity contribution in [3.05, 3.63) is 71.8 Å². The number of carbonyl (C=O) groups is 2. The van der Waals surface area contributed by atoms with E-state index >= 15 is 0 Å². The van der Waals surface area contributed by atoms with Gasteiger partial charge in [-0.15, -0.1) is 0 Å². The molecular weight excluding hydrogens is 360 g/mol. The minimum Gasteiger partial charge on any atom is -0.478 e. The Kier molecular flexibility index (Phi) is 11.4. The summed E-state index contributed by atoms with van der Waals surface area (Å²) < 4.78 is 0. The maximum atomic E-state index is 10.2. The molecule has 0 radical (unpaired) electrons. The Bertz CT molecular complexity index is 638. The lowest BCUT2D eigenvalue weighted by Crippen LogP contribution is -2.39. The van der Waals surface area contributed by atoms with Crippen LogP contribution in [-0.2, 0) is 0 Å². The number of aromatic carboxylic acids is 2. The van der Waals surface area contributed by atoms with Gasteiger partial charge in [0.2, 0.25) is 0 Å². The van der Waals surface area contributed by atoms with Crippen LogP contribution in [0.1, 0.15) is 54.8 Å². The molecule has 0 saturated carbocycles. The number of rotatable bonds is 5. The summed E-state index contributed by atoms with van der Waals surface area (Å²) in [6.45, 7) is 7.30. The standard InChI is InChI=1S/C8H18O2.2C7H6O2/c1-5-8(4,6(2)9)7(3)10;2*8-7(9)6-4-2-1-3-5-6/h6-7,9-10H,5H2,1-4H3;2*1-5H,(H,8,9). The van der Waals surface area contributed by atoms with Crippen LogP contribution in [0.25, 0.3) is 0 Å². The number of carboxylic acid groups (broad SMARTS) is 2. The monoisotopic (exact) mass is 390 g/mol. The minimum atomic E-state index is -0.879. The molecule has 0 fully saturated rings. The third kappa shape index (κ3) is 8.79. The van der Waals surface area contributed by atoms with Crippen molar-refractivity contribution in [1.82, 2.24) is 0 Å². The van der Waals surface area contributed by atoms with Gasteiger partial charge >= 0.3 is 11.9 Å². The van der Waals surface area contributed by atoms with Crippen LogP contribution in [-0.4, -0.2) is 44.6 Å². The third-order valence-corrected chi connectivity index (χ3v) is 4.71. The molecule has 6 heteroatoms. The quantitative estimate of drug-likeness (QED) is 0.615. The van der Waals surface area contributed by atoms with Gasteiger partial charge < -0.3 is 20.4 Å². The van der Waals surface area contributed by atoms with Gasteiger partial charge in [-0.05, 0) is 44.5 Å². The molecule has 4 N–H and O–H groups in total. The third-order valence-electron chi connectivity index (χ3n) is 4.71. The fraction of sp³-hybridized carbons (Fsp3) is 0.364. The lowest BCUT2D eigenvalue weighted by Gasteiger charge is -2.34. The van der Waals surface area contributed by atoms with Crippen molar-refractivity contribution in [1.29, 1.82) is 0 Å². The van der Waals surface area contributed by atoms with E-state index in [2.05, 4.69) is 0 Å². The zero-order valence-corrected chi connectivity index (χ0v) is 16.7. The van der Waals surface area contributed by atoms with Crippen molar-refractivity contribution in [3.63, 3.8) is 0 Å². The zero-order chi connectivity index (χ0) is 21.7. The van der Waals surface area contributed by atoms with Gasteiger partial charge in [-0.1, -0.05) is 50.2 Å². The Morgan fingerprint density at radius 3 is 1.18 bits per heavy atom. The van der Waals surface area contributed by atoms with E-state index in [1.165, 1.54) is 0 Å². The highest BCUT2D eigenvalue weighted by molar-refractivity contribution is 5.87. The number of hydrogen-bond acceptors (Lipinski definition) is 4. The summed E-state index contributed by atoms with van der Waals surface area (Å²) in [5, 5.41) is 35.3.